The largest absolute Gasteiger partial charge is 0.417 e. The average Bonchev–Trinajstić information content (AvgIpc) is 2.39. The van der Waals surface area contributed by atoms with Gasteiger partial charge in [-0.05, 0) is 12.7 Å². The van der Waals surface area contributed by atoms with Crippen molar-refractivity contribution in [2.45, 2.75) is 6.18 Å². The maximum Gasteiger partial charge on any atom is 0.417 e. The van der Waals surface area contributed by atoms with Crippen molar-refractivity contribution in [2.75, 3.05) is 6.66 Å². The molecule has 1 nitrogen and oxygen atoms in total. The SMILES string of the molecule is CP(=O)(c1ccccc1)c1ccccc1C(F)(F)F. The normalized spacial score (nSPS) is 14.9. The predicted molar refractivity (Wildman–Crippen MR) is 70.7 cm³/mol. The first-order chi connectivity index (χ1) is 8.83. The molecule has 5 heteroatoms. The van der Waals surface area contributed by atoms with Crippen LogP contribution < -0.4 is 10.6 Å². The van der Waals surface area contributed by atoms with Gasteiger partial charge in [-0.3, -0.25) is 0 Å². The van der Waals surface area contributed by atoms with Crippen molar-refractivity contribution in [1.29, 1.82) is 0 Å². The summed E-state index contributed by atoms with van der Waals surface area (Å²) in [6.07, 6.45) is -4.50. The van der Waals surface area contributed by atoms with Gasteiger partial charge in [-0.25, -0.2) is 0 Å². The van der Waals surface area contributed by atoms with Crippen molar-refractivity contribution in [1.82, 2.24) is 0 Å². The molecule has 2 aromatic carbocycles. The zero-order valence-electron chi connectivity index (χ0n) is 10.2. The van der Waals surface area contributed by atoms with Crippen LogP contribution in [0, 0.1) is 0 Å². The van der Waals surface area contributed by atoms with E-state index in [1.165, 1.54) is 24.9 Å². The minimum atomic E-state index is -4.50. The third-order valence-corrected chi connectivity index (χ3v) is 5.51. The second kappa shape index (κ2) is 4.86. The van der Waals surface area contributed by atoms with Crippen molar-refractivity contribution >= 4 is 17.8 Å². The molecule has 0 saturated carbocycles. The maximum atomic E-state index is 13.0. The molecule has 1 atom stereocenters. The van der Waals surface area contributed by atoms with Crippen LogP contribution in [0.3, 0.4) is 0 Å². The van der Waals surface area contributed by atoms with Gasteiger partial charge in [-0.2, -0.15) is 13.2 Å². The van der Waals surface area contributed by atoms with Gasteiger partial charge in [0.25, 0.3) is 0 Å². The van der Waals surface area contributed by atoms with E-state index in [9.17, 15) is 17.7 Å². The van der Waals surface area contributed by atoms with Crippen LogP contribution in [0.25, 0.3) is 0 Å². The van der Waals surface area contributed by atoms with E-state index in [1.54, 1.807) is 30.3 Å². The summed E-state index contributed by atoms with van der Waals surface area (Å²) < 4.78 is 51.7. The highest BCUT2D eigenvalue weighted by Gasteiger charge is 2.37. The Bertz CT molecular complexity index is 620. The summed E-state index contributed by atoms with van der Waals surface area (Å²) in [7, 11) is -3.25. The minimum absolute atomic E-state index is 0.145. The minimum Gasteiger partial charge on any atom is -0.314 e. The smallest absolute Gasteiger partial charge is 0.314 e. The first-order valence-corrected chi connectivity index (χ1v) is 7.79. The van der Waals surface area contributed by atoms with Gasteiger partial charge in [0.1, 0.15) is 7.14 Å². The molecule has 19 heavy (non-hydrogen) atoms. The van der Waals surface area contributed by atoms with E-state index in [2.05, 4.69) is 0 Å². The van der Waals surface area contributed by atoms with Crippen molar-refractivity contribution in [3.63, 3.8) is 0 Å². The van der Waals surface area contributed by atoms with Crippen LogP contribution in [0.4, 0.5) is 13.2 Å². The molecule has 2 rings (SSSR count). The third kappa shape index (κ3) is 2.74. The molecule has 0 bridgehead atoms. The molecule has 0 aromatic heterocycles. The summed E-state index contributed by atoms with van der Waals surface area (Å²) in [6, 6.07) is 13.3. The van der Waals surface area contributed by atoms with Crippen LogP contribution in [0.2, 0.25) is 0 Å². The highest BCUT2D eigenvalue weighted by atomic mass is 31.2. The van der Waals surface area contributed by atoms with Crippen LogP contribution >= 0.6 is 7.14 Å². The molecule has 0 aliphatic rings. The predicted octanol–water partition coefficient (Wildman–Crippen LogP) is 3.65. The molecule has 0 amide bonds. The lowest BCUT2D eigenvalue weighted by molar-refractivity contribution is -0.136. The second-order valence-corrected chi connectivity index (χ2v) is 7.12. The van der Waals surface area contributed by atoms with Gasteiger partial charge in [-0.1, -0.05) is 48.5 Å². The molecule has 2 aromatic rings. The van der Waals surface area contributed by atoms with E-state index in [0.29, 0.717) is 5.30 Å². The Morgan fingerprint density at radius 1 is 0.895 bits per heavy atom. The Kier molecular flexibility index (Phi) is 3.55. The molecular formula is C14H12F3OP. The summed E-state index contributed by atoms with van der Waals surface area (Å²) >= 11 is 0. The molecule has 1 unspecified atom stereocenters. The molecule has 0 fully saturated rings. The van der Waals surface area contributed by atoms with Crippen molar-refractivity contribution in [3.8, 4) is 0 Å². The number of alkyl halides is 3. The van der Waals surface area contributed by atoms with Crippen LogP contribution in [-0.2, 0) is 10.7 Å². The lowest BCUT2D eigenvalue weighted by Crippen LogP contribution is -2.23. The lowest BCUT2D eigenvalue weighted by Gasteiger charge is -2.19. The molecule has 100 valence electrons. The Labute approximate surface area is 109 Å². The van der Waals surface area contributed by atoms with Gasteiger partial charge in [0.15, 0.2) is 0 Å². The van der Waals surface area contributed by atoms with E-state index >= 15 is 0 Å². The number of hydrogen-bond donors (Lipinski definition) is 0. The molecule has 0 N–H and O–H groups in total. The molecule has 0 heterocycles. The summed E-state index contributed by atoms with van der Waals surface area (Å²) in [6.45, 7) is 1.37. The van der Waals surface area contributed by atoms with Crippen molar-refractivity contribution < 1.29 is 17.7 Å². The van der Waals surface area contributed by atoms with Gasteiger partial charge < -0.3 is 4.57 Å². The Morgan fingerprint density at radius 3 is 2.00 bits per heavy atom. The second-order valence-electron chi connectivity index (χ2n) is 4.27. The van der Waals surface area contributed by atoms with Crippen molar-refractivity contribution in [2.24, 2.45) is 0 Å². The van der Waals surface area contributed by atoms with E-state index < -0.39 is 18.9 Å². The van der Waals surface area contributed by atoms with E-state index in [1.807, 2.05) is 0 Å². The summed E-state index contributed by atoms with van der Waals surface area (Å²) in [5.41, 5.74) is -0.829. The molecule has 0 radical (unpaired) electrons. The first-order valence-electron chi connectivity index (χ1n) is 5.63. The highest BCUT2D eigenvalue weighted by molar-refractivity contribution is 7.78. The monoisotopic (exact) mass is 284 g/mol. The Morgan fingerprint density at radius 2 is 1.42 bits per heavy atom. The molecule has 0 saturated heterocycles. The van der Waals surface area contributed by atoms with Gasteiger partial charge in [0.05, 0.1) is 5.56 Å². The molecule has 0 aliphatic carbocycles. The summed E-state index contributed by atoms with van der Waals surface area (Å²) in [5.74, 6) is 0. The summed E-state index contributed by atoms with van der Waals surface area (Å²) in [5, 5.41) is 0.278. The van der Waals surface area contributed by atoms with Gasteiger partial charge in [-0.15, -0.1) is 0 Å². The van der Waals surface area contributed by atoms with Crippen LogP contribution in [-0.4, -0.2) is 6.66 Å². The summed E-state index contributed by atoms with van der Waals surface area (Å²) in [4.78, 5) is 0. The fourth-order valence-corrected chi connectivity index (χ4v) is 3.99. The van der Waals surface area contributed by atoms with Gasteiger partial charge in [0.2, 0.25) is 0 Å². The first kappa shape index (κ1) is 13.9. The number of rotatable bonds is 2. The number of benzene rings is 2. The Hall–Kier alpha value is -1.54. The average molecular weight is 284 g/mol. The standard InChI is InChI=1S/C14H12F3OP/c1-19(18,11-7-3-2-4-8-11)13-10-6-5-9-12(13)14(15,16)17/h2-10H,1H3. The molecule has 0 aliphatic heterocycles. The van der Waals surface area contributed by atoms with Crippen LogP contribution in [0.5, 0.6) is 0 Å². The lowest BCUT2D eigenvalue weighted by atomic mass is 10.2. The zero-order valence-corrected chi connectivity index (χ0v) is 11.1. The van der Waals surface area contributed by atoms with Gasteiger partial charge in [0, 0.05) is 10.6 Å². The molecule has 0 spiro atoms. The molecular weight excluding hydrogens is 272 g/mol. The highest BCUT2D eigenvalue weighted by Crippen LogP contribution is 2.43. The maximum absolute atomic E-state index is 13.0. The number of hydrogen-bond acceptors (Lipinski definition) is 1. The fraction of sp³-hybridized carbons (Fsp3) is 0.143. The van der Waals surface area contributed by atoms with Crippen LogP contribution in [0.1, 0.15) is 5.56 Å². The zero-order chi connectivity index (χ0) is 14.1. The number of halogens is 3. The van der Waals surface area contributed by atoms with Crippen molar-refractivity contribution in [3.05, 3.63) is 60.2 Å². The Balaban J connectivity index is 2.63. The fourth-order valence-electron chi connectivity index (χ4n) is 1.94. The van der Waals surface area contributed by atoms with E-state index in [4.69, 9.17) is 0 Å². The van der Waals surface area contributed by atoms with E-state index in [-0.39, 0.29) is 5.30 Å². The van der Waals surface area contributed by atoms with Crippen LogP contribution in [0.15, 0.2) is 54.6 Å². The van der Waals surface area contributed by atoms with E-state index in [0.717, 1.165) is 6.07 Å². The van der Waals surface area contributed by atoms with Gasteiger partial charge >= 0.3 is 6.18 Å². The third-order valence-electron chi connectivity index (χ3n) is 2.92. The quantitative estimate of drug-likeness (QED) is 0.769. The topological polar surface area (TPSA) is 17.1 Å².